The highest BCUT2D eigenvalue weighted by Crippen LogP contribution is 2.21. The molecule has 0 saturated carbocycles. The van der Waals surface area contributed by atoms with Gasteiger partial charge in [0.25, 0.3) is 15.7 Å². The minimum atomic E-state index is -3.98. The summed E-state index contributed by atoms with van der Waals surface area (Å²) in [5.74, 6) is 0.363. The van der Waals surface area contributed by atoms with Crippen molar-refractivity contribution in [1.82, 2.24) is 4.83 Å². The molecule has 2 N–H and O–H groups in total. The number of non-ortho nitro benzene ring substituents is 1. The number of nitrogens with one attached hydrogen (secondary N) is 1. The second-order valence-corrected chi connectivity index (χ2v) is 6.19. The fourth-order valence-electron chi connectivity index (χ4n) is 1.73. The molecule has 9 nitrogen and oxygen atoms in total. The minimum absolute atomic E-state index is 0.103. The Labute approximate surface area is 137 Å². The Morgan fingerprint density at radius 2 is 1.92 bits per heavy atom. The maximum Gasteiger partial charge on any atom is 0.276 e. The topological polar surface area (TPSA) is 131 Å². The Bertz CT molecular complexity index is 878. The molecule has 24 heavy (non-hydrogen) atoms. The van der Waals surface area contributed by atoms with E-state index in [2.05, 4.69) is 5.10 Å². The Balaban J connectivity index is 2.16. The first kappa shape index (κ1) is 17.2. The summed E-state index contributed by atoms with van der Waals surface area (Å²) < 4.78 is 29.0. The van der Waals surface area contributed by atoms with Crippen molar-refractivity contribution in [2.75, 3.05) is 7.11 Å². The Kier molecular flexibility index (Phi) is 4.99. The van der Waals surface area contributed by atoms with Crippen molar-refractivity contribution in [3.8, 4) is 11.5 Å². The van der Waals surface area contributed by atoms with Crippen molar-refractivity contribution in [1.29, 1.82) is 0 Å². The van der Waals surface area contributed by atoms with Gasteiger partial charge in [0.15, 0.2) is 0 Å². The van der Waals surface area contributed by atoms with Gasteiger partial charge < -0.3 is 9.84 Å². The van der Waals surface area contributed by atoms with Crippen LogP contribution < -0.4 is 9.57 Å². The number of nitro groups is 1. The van der Waals surface area contributed by atoms with Crippen LogP contribution in [0.5, 0.6) is 11.5 Å². The van der Waals surface area contributed by atoms with E-state index in [0.29, 0.717) is 5.75 Å². The van der Waals surface area contributed by atoms with Crippen LogP contribution in [-0.4, -0.2) is 31.8 Å². The molecule has 0 unspecified atom stereocenters. The van der Waals surface area contributed by atoms with E-state index in [4.69, 9.17) is 4.74 Å². The Morgan fingerprint density at radius 1 is 1.25 bits per heavy atom. The van der Waals surface area contributed by atoms with E-state index < -0.39 is 14.9 Å². The third-order valence-electron chi connectivity index (χ3n) is 2.97. The van der Waals surface area contributed by atoms with Crippen LogP contribution >= 0.6 is 0 Å². The van der Waals surface area contributed by atoms with Crippen LogP contribution in [0.4, 0.5) is 5.69 Å². The number of sulfonamides is 1. The zero-order chi connectivity index (χ0) is 17.7. The van der Waals surface area contributed by atoms with Gasteiger partial charge in [0, 0.05) is 17.7 Å². The largest absolute Gasteiger partial charge is 0.507 e. The molecule has 0 radical (unpaired) electrons. The highest BCUT2D eigenvalue weighted by Gasteiger charge is 2.14. The van der Waals surface area contributed by atoms with Crippen LogP contribution in [0.15, 0.2) is 52.5 Å². The van der Waals surface area contributed by atoms with E-state index in [-0.39, 0.29) is 21.9 Å². The average Bonchev–Trinajstić information content (AvgIpc) is 2.56. The molecular formula is C14H13N3O6S. The van der Waals surface area contributed by atoms with Gasteiger partial charge in [-0.2, -0.15) is 13.5 Å². The van der Waals surface area contributed by atoms with E-state index in [1.807, 2.05) is 4.83 Å². The van der Waals surface area contributed by atoms with Gasteiger partial charge in [0.2, 0.25) is 0 Å². The van der Waals surface area contributed by atoms with E-state index >= 15 is 0 Å². The maximum atomic E-state index is 12.0. The van der Waals surface area contributed by atoms with E-state index in [0.717, 1.165) is 30.5 Å². The molecule has 2 rings (SSSR count). The number of aromatic hydroxyl groups is 1. The van der Waals surface area contributed by atoms with Crippen molar-refractivity contribution in [3.63, 3.8) is 0 Å². The number of nitrogens with zero attached hydrogens (tertiary/aromatic N) is 2. The molecule has 2 aromatic carbocycles. The molecule has 0 amide bonds. The van der Waals surface area contributed by atoms with Gasteiger partial charge in [-0.3, -0.25) is 10.1 Å². The summed E-state index contributed by atoms with van der Waals surface area (Å²) in [4.78, 5) is 11.7. The number of benzene rings is 2. The van der Waals surface area contributed by atoms with Crippen molar-refractivity contribution in [2.24, 2.45) is 5.10 Å². The summed E-state index contributed by atoms with van der Waals surface area (Å²) in [6, 6.07) is 8.73. The average molecular weight is 351 g/mol. The first-order valence-electron chi connectivity index (χ1n) is 6.50. The fraction of sp³-hybridized carbons (Fsp3) is 0.0714. The van der Waals surface area contributed by atoms with E-state index in [1.165, 1.54) is 25.3 Å². The smallest absolute Gasteiger partial charge is 0.276 e. The van der Waals surface area contributed by atoms with Gasteiger partial charge in [0.05, 0.1) is 23.1 Å². The fourth-order valence-corrected chi connectivity index (χ4v) is 2.52. The van der Waals surface area contributed by atoms with Crippen molar-refractivity contribution < 1.29 is 23.2 Å². The third-order valence-corrected chi connectivity index (χ3v) is 4.21. The molecule has 0 atom stereocenters. The molecule has 0 aliphatic carbocycles. The first-order chi connectivity index (χ1) is 11.3. The molecule has 0 saturated heterocycles. The van der Waals surface area contributed by atoms with Crippen molar-refractivity contribution in [3.05, 3.63) is 58.1 Å². The summed E-state index contributed by atoms with van der Waals surface area (Å²) in [5.41, 5.74) is 0.0273. The number of methoxy groups -OCH3 is 1. The van der Waals surface area contributed by atoms with Gasteiger partial charge in [-0.1, -0.05) is 0 Å². The minimum Gasteiger partial charge on any atom is -0.507 e. The highest BCUT2D eigenvalue weighted by molar-refractivity contribution is 7.89. The van der Waals surface area contributed by atoms with Gasteiger partial charge in [-0.15, -0.1) is 0 Å². The SMILES string of the molecule is COc1ccc(O)c(/C=N/NS(=O)(=O)c2ccc([N+](=O)[O-])cc2)c1. The zero-order valence-corrected chi connectivity index (χ0v) is 13.2. The van der Waals surface area contributed by atoms with Gasteiger partial charge in [0.1, 0.15) is 11.5 Å². The van der Waals surface area contributed by atoms with Crippen LogP contribution in [0.2, 0.25) is 0 Å². The van der Waals surface area contributed by atoms with Crippen molar-refractivity contribution in [2.45, 2.75) is 4.90 Å². The summed E-state index contributed by atoms with van der Waals surface area (Å²) in [6.45, 7) is 0. The predicted molar refractivity (Wildman–Crippen MR) is 85.7 cm³/mol. The molecule has 10 heteroatoms. The monoisotopic (exact) mass is 351 g/mol. The standard InChI is InChI=1S/C14H13N3O6S/c1-23-12-4-7-14(18)10(8-12)9-15-16-24(21,22)13-5-2-11(3-6-13)17(19)20/h2-9,16,18H,1H3/b15-9+. The summed E-state index contributed by atoms with van der Waals surface area (Å²) in [7, 11) is -2.54. The summed E-state index contributed by atoms with van der Waals surface area (Å²) >= 11 is 0. The number of hydrogen-bond donors (Lipinski definition) is 2. The molecule has 0 heterocycles. The number of phenols is 1. The lowest BCUT2D eigenvalue weighted by molar-refractivity contribution is -0.384. The second kappa shape index (κ2) is 6.96. The molecule has 0 spiro atoms. The second-order valence-electron chi connectivity index (χ2n) is 4.53. The molecule has 126 valence electrons. The van der Waals surface area contributed by atoms with Crippen LogP contribution in [0, 0.1) is 10.1 Å². The van der Waals surface area contributed by atoms with E-state index in [9.17, 15) is 23.6 Å². The number of ether oxygens (including phenoxy) is 1. The highest BCUT2D eigenvalue weighted by atomic mass is 32.2. The number of hydrogen-bond acceptors (Lipinski definition) is 7. The van der Waals surface area contributed by atoms with Crippen LogP contribution in [-0.2, 0) is 10.0 Å². The lowest BCUT2D eigenvalue weighted by atomic mass is 10.2. The lowest BCUT2D eigenvalue weighted by Gasteiger charge is -2.04. The molecule has 2 aromatic rings. The molecular weight excluding hydrogens is 338 g/mol. The van der Waals surface area contributed by atoms with Crippen molar-refractivity contribution >= 4 is 21.9 Å². The zero-order valence-electron chi connectivity index (χ0n) is 12.4. The Morgan fingerprint density at radius 3 is 2.50 bits per heavy atom. The van der Waals surface area contributed by atoms with Crippen LogP contribution in [0.25, 0.3) is 0 Å². The van der Waals surface area contributed by atoms with Gasteiger partial charge in [-0.05, 0) is 30.3 Å². The van der Waals surface area contributed by atoms with Gasteiger partial charge in [-0.25, -0.2) is 4.83 Å². The van der Waals surface area contributed by atoms with Crippen LogP contribution in [0.3, 0.4) is 0 Å². The Hall–Kier alpha value is -3.14. The number of hydrazone groups is 1. The lowest BCUT2D eigenvalue weighted by Crippen LogP contribution is -2.18. The number of nitro benzene ring substituents is 1. The normalized spacial score (nSPS) is 11.4. The summed E-state index contributed by atoms with van der Waals surface area (Å²) in [6.07, 6.45) is 1.11. The molecule has 0 fully saturated rings. The first-order valence-corrected chi connectivity index (χ1v) is 7.98. The summed E-state index contributed by atoms with van der Waals surface area (Å²) in [5, 5.41) is 23.8. The quantitative estimate of drug-likeness (QED) is 0.462. The molecule has 0 bridgehead atoms. The van der Waals surface area contributed by atoms with E-state index in [1.54, 1.807) is 0 Å². The maximum absolute atomic E-state index is 12.0. The number of rotatable bonds is 6. The van der Waals surface area contributed by atoms with Gasteiger partial charge >= 0.3 is 0 Å². The predicted octanol–water partition coefficient (Wildman–Crippen LogP) is 1.62. The molecule has 0 aromatic heterocycles. The van der Waals surface area contributed by atoms with Crippen LogP contribution in [0.1, 0.15) is 5.56 Å². The third kappa shape index (κ3) is 3.98. The number of phenolic OH excluding ortho intramolecular Hbond substituents is 1. The molecule has 0 aliphatic heterocycles. The molecule has 0 aliphatic rings.